The predicted octanol–water partition coefficient (Wildman–Crippen LogP) is 1.72. The second-order valence-corrected chi connectivity index (χ2v) is 24.6. The number of fused-ring (bicyclic) bond motifs is 1. The highest BCUT2D eigenvalue weighted by Crippen LogP contribution is 2.19. The minimum atomic E-state index is -1.18. The Morgan fingerprint density at radius 2 is 0.877 bits per heavy atom. The SMILES string of the molecule is CC(C)C[C@H](N)C(=O)O.CC(C)[C@H](N)C(=O)O.CC[C@H](C)[C@H](N)C(=O)O.CSCC[C@H](N)C(=O)O.C[C@@H](O)[C@H](N)C(=O)O.Cl.Cl.NCCCC[C@H](N)C(=O)O.N[C@@H](Cc1c[nH]c2ccccc12)C(=O)O.N[C@@H](Cc1c[nH]cn1)C(=O)O.N[C@@H](Cc1ccc(O)cc1)C(=O)O.N[C@@H](Cc1ccccc1)C(=O)O. The molecule has 5 rings (SSSR count). The molecule has 106 heavy (non-hydrogen) atoms. The Hall–Kier alpha value is -8.64. The lowest BCUT2D eigenvalue weighted by molar-refractivity contribution is -0.141. The average Bonchev–Trinajstić information content (AvgIpc) is 1.69. The molecule has 39 heteroatoms. The summed E-state index contributed by atoms with van der Waals surface area (Å²) in [5.74, 6) is -8.32. The van der Waals surface area contributed by atoms with E-state index in [2.05, 4.69) is 15.0 Å². The number of carboxylic acids is 10. The third-order valence-electron chi connectivity index (χ3n) is 13.7. The highest BCUT2D eigenvalue weighted by molar-refractivity contribution is 7.98. The number of phenolic OH excluding ortho intramolecular Hbond substituents is 1. The number of nitrogens with one attached hydrogen (secondary N) is 2. The van der Waals surface area contributed by atoms with Crippen LogP contribution in [-0.4, -0.2) is 221 Å². The van der Waals surface area contributed by atoms with Gasteiger partial charge in [-0.2, -0.15) is 11.8 Å². The number of thioether (sulfide) groups is 1. The largest absolute Gasteiger partial charge is 0.508 e. The number of aromatic amines is 2. The number of carbonyl (C=O) groups is 10. The Kier molecular flexibility index (Phi) is 67.6. The minimum Gasteiger partial charge on any atom is -0.508 e. The molecule has 5 aromatic rings. The first kappa shape index (κ1) is 111. The van der Waals surface area contributed by atoms with E-state index >= 15 is 0 Å². The van der Waals surface area contributed by atoms with Gasteiger partial charge in [-0.3, -0.25) is 47.9 Å². The van der Waals surface area contributed by atoms with Crippen LogP contribution in [0.25, 0.3) is 10.9 Å². The summed E-state index contributed by atoms with van der Waals surface area (Å²) in [5.41, 5.74) is 61.9. The van der Waals surface area contributed by atoms with E-state index in [1.807, 2.05) is 94.7 Å². The van der Waals surface area contributed by atoms with Crippen molar-refractivity contribution in [1.82, 2.24) is 15.0 Å². The van der Waals surface area contributed by atoms with Crippen molar-refractivity contribution in [2.75, 3.05) is 18.6 Å². The molecule has 0 aliphatic rings. The van der Waals surface area contributed by atoms with Gasteiger partial charge in [0, 0.05) is 36.1 Å². The lowest BCUT2D eigenvalue weighted by Gasteiger charge is -2.11. The molecular formula is C67H116Cl2N14O22S. The number of aliphatic hydroxyl groups is 1. The molecule has 12 atom stereocenters. The number of aromatic nitrogens is 3. The van der Waals surface area contributed by atoms with Crippen LogP contribution in [0.15, 0.2) is 97.6 Å². The Balaban J connectivity index is -0.000000207. The van der Waals surface area contributed by atoms with Crippen molar-refractivity contribution >= 4 is 107 Å². The number of H-pyrrole nitrogens is 2. The molecule has 0 fully saturated rings. The molecule has 2 aromatic heterocycles. The van der Waals surface area contributed by atoms with E-state index in [4.69, 9.17) is 124 Å². The maximum Gasteiger partial charge on any atom is 0.323 e. The van der Waals surface area contributed by atoms with Gasteiger partial charge in [-0.15, -0.1) is 24.8 Å². The molecule has 36 nitrogen and oxygen atoms in total. The number of carboxylic acid groups (broad SMARTS) is 10. The Morgan fingerprint density at radius 1 is 0.472 bits per heavy atom. The molecule has 0 radical (unpaired) electrons. The maximum absolute atomic E-state index is 10.6. The number of nitrogens with two attached hydrogens (primary N) is 11. The van der Waals surface area contributed by atoms with Crippen molar-refractivity contribution in [2.45, 2.75) is 179 Å². The molecule has 3 aromatic carbocycles. The summed E-state index contributed by atoms with van der Waals surface area (Å²) in [4.78, 5) is 112. The molecule has 0 saturated heterocycles. The summed E-state index contributed by atoms with van der Waals surface area (Å²) in [6, 6.07) is 15.4. The van der Waals surface area contributed by atoms with Crippen LogP contribution in [0.1, 0.15) is 109 Å². The van der Waals surface area contributed by atoms with E-state index in [9.17, 15) is 47.9 Å². The molecule has 0 spiro atoms. The van der Waals surface area contributed by atoms with E-state index in [0.29, 0.717) is 50.3 Å². The number of aromatic hydroxyl groups is 1. The molecule has 0 bridgehead atoms. The highest BCUT2D eigenvalue weighted by Gasteiger charge is 2.20. The van der Waals surface area contributed by atoms with Crippen LogP contribution in [0.4, 0.5) is 0 Å². The van der Waals surface area contributed by atoms with Crippen molar-refractivity contribution in [2.24, 2.45) is 80.8 Å². The zero-order valence-corrected chi connectivity index (χ0v) is 63.2. The minimum absolute atomic E-state index is 0. The highest BCUT2D eigenvalue weighted by atomic mass is 35.5. The van der Waals surface area contributed by atoms with E-state index in [0.717, 1.165) is 52.6 Å². The standard InChI is InChI=1S/C11H12N2O2.C9H11NO3.C9H11NO2.C6H9N3O2.C6H14N2O2.2C6H13NO2.C5H11NO2S.C5H11NO2.C4H9NO3.2ClH/c12-9(11(14)15)5-7-6-13-10-4-2-1-3-8(7)10;10-8(9(12)13)5-6-1-3-7(11)4-2-6;10-8(9(11)12)6-7-4-2-1-3-5-7;7-5(6(10)11)1-4-2-8-3-9-4;7-4-2-1-3-5(8)6(9)10;1-4(2)3-5(7)6(8)9;1-3-4(2)5(7)6(8)9;1-9-3-2-4(6)5(7)8;1-3(2)4(6)5(7)8;1-2(6)3(5)4(7)8;;/h1-4,6,9,13H,5,12H2,(H,14,15);1-4,8,11H,5,10H2,(H,12,13);1-5,8H,6,10H2,(H,11,12);2-3,5H,1,7H2,(H,8,9)(H,10,11);5H,1-4,7-8H2,(H,9,10);2*4-5H,3,7H2,1-2H3,(H,8,9);4H,2-3,6H2,1H3,(H,7,8);3-4H,6H2,1-2H3,(H,7,8);2-3,6H,5H2,1H3,(H,7,8);2*1H/t9-;2*8-;3*5-;4-,5-;2*4-;2-,3+;;/m0000000001../s1. The van der Waals surface area contributed by atoms with Gasteiger partial charge in [-0.25, -0.2) is 4.98 Å². The number of nitrogens with zero attached hydrogens (tertiary/aromatic N) is 1. The van der Waals surface area contributed by atoms with E-state index in [1.165, 1.54) is 25.4 Å². The third-order valence-corrected chi connectivity index (χ3v) is 14.3. The van der Waals surface area contributed by atoms with Crippen LogP contribution in [0.3, 0.4) is 0 Å². The van der Waals surface area contributed by atoms with Crippen LogP contribution in [0.2, 0.25) is 0 Å². The summed E-state index contributed by atoms with van der Waals surface area (Å²) in [6.07, 6.45) is 11.2. The lowest BCUT2D eigenvalue weighted by Crippen LogP contribution is -2.39. The first-order valence-electron chi connectivity index (χ1n) is 32.3. The van der Waals surface area contributed by atoms with Gasteiger partial charge in [0.2, 0.25) is 0 Å². The molecule has 0 aliphatic heterocycles. The van der Waals surface area contributed by atoms with Gasteiger partial charge in [0.1, 0.15) is 66.2 Å². The van der Waals surface area contributed by atoms with E-state index in [1.54, 1.807) is 43.9 Å². The van der Waals surface area contributed by atoms with Crippen molar-refractivity contribution in [1.29, 1.82) is 0 Å². The first-order chi connectivity index (χ1) is 48.3. The number of imidazole rings is 1. The molecule has 0 aliphatic carbocycles. The molecule has 2 heterocycles. The Bertz CT molecular complexity index is 3160. The topological polar surface area (TPSA) is 744 Å². The summed E-state index contributed by atoms with van der Waals surface area (Å²) >= 11 is 1.60. The number of unbranched alkanes of at least 4 members (excludes halogenated alkanes) is 1. The van der Waals surface area contributed by atoms with Gasteiger partial charge in [-0.1, -0.05) is 115 Å². The smallest absolute Gasteiger partial charge is 0.323 e. The van der Waals surface area contributed by atoms with Crippen LogP contribution in [-0.2, 0) is 73.6 Å². The number of hydrogen-bond acceptors (Lipinski definition) is 25. The Morgan fingerprint density at radius 3 is 1.21 bits per heavy atom. The number of phenols is 1. The molecule has 606 valence electrons. The fraction of sp³-hybridized carbons (Fsp3) is 0.507. The second kappa shape index (κ2) is 64.7. The molecule has 36 N–H and O–H groups in total. The summed E-state index contributed by atoms with van der Waals surface area (Å²) in [5, 5.41) is 102. The van der Waals surface area contributed by atoms with E-state index in [-0.39, 0.29) is 55.2 Å². The quantitative estimate of drug-likeness (QED) is 0.0281. The molecular weight excluding hydrogens is 1460 g/mol. The third kappa shape index (κ3) is 59.6. The van der Waals surface area contributed by atoms with Crippen molar-refractivity contribution in [3.63, 3.8) is 0 Å². The van der Waals surface area contributed by atoms with Gasteiger partial charge in [0.05, 0.1) is 18.1 Å². The zero-order valence-electron chi connectivity index (χ0n) is 60.8. The number of hydrogen-bond donors (Lipinski definition) is 25. The number of para-hydroxylation sites is 1. The maximum atomic E-state index is 10.6. The van der Waals surface area contributed by atoms with Gasteiger partial charge in [0.25, 0.3) is 0 Å². The fourth-order valence-electron chi connectivity index (χ4n) is 6.87. The summed E-state index contributed by atoms with van der Waals surface area (Å²) in [7, 11) is 0. The summed E-state index contributed by atoms with van der Waals surface area (Å²) in [6.45, 7) is 13.1. The number of halogens is 2. The van der Waals surface area contributed by atoms with Crippen LogP contribution in [0, 0.1) is 17.8 Å². The van der Waals surface area contributed by atoms with E-state index < -0.39 is 126 Å². The number of aliphatic hydroxyl groups excluding tert-OH is 1. The van der Waals surface area contributed by atoms with Crippen LogP contribution in [0.5, 0.6) is 5.75 Å². The van der Waals surface area contributed by atoms with Gasteiger partial charge >= 0.3 is 59.7 Å². The van der Waals surface area contributed by atoms with Crippen molar-refractivity contribution < 1.29 is 109 Å². The zero-order chi connectivity index (χ0) is 81.5. The first-order valence-corrected chi connectivity index (χ1v) is 33.7. The normalized spacial score (nSPS) is 13.4. The monoisotopic (exact) mass is 1570 g/mol. The number of benzene rings is 3. The fourth-order valence-corrected chi connectivity index (χ4v) is 7.36. The molecule has 0 unspecified atom stereocenters. The van der Waals surface area contributed by atoms with Crippen LogP contribution < -0.4 is 63.1 Å². The van der Waals surface area contributed by atoms with Crippen LogP contribution >= 0.6 is 36.6 Å². The lowest BCUT2D eigenvalue weighted by atomic mass is 10.0. The second-order valence-electron chi connectivity index (χ2n) is 23.7. The van der Waals surface area contributed by atoms with Crippen molar-refractivity contribution in [3.05, 3.63) is 120 Å². The average molecular weight is 1570 g/mol. The van der Waals surface area contributed by atoms with Gasteiger partial charge < -0.3 is 134 Å². The van der Waals surface area contributed by atoms with Crippen molar-refractivity contribution in [3.8, 4) is 5.75 Å². The Labute approximate surface area is 632 Å². The summed E-state index contributed by atoms with van der Waals surface area (Å²) < 4.78 is 0. The molecule has 0 saturated carbocycles. The van der Waals surface area contributed by atoms with Gasteiger partial charge in [0.15, 0.2) is 0 Å². The molecule has 0 amide bonds. The van der Waals surface area contributed by atoms with Gasteiger partial charge in [-0.05, 0) is 117 Å². The predicted molar refractivity (Wildman–Crippen MR) is 408 cm³/mol. The number of aliphatic carboxylic acids is 10. The number of rotatable bonds is 31.